The van der Waals surface area contributed by atoms with Crippen LogP contribution in [-0.4, -0.2) is 17.5 Å². The lowest BCUT2D eigenvalue weighted by Gasteiger charge is -2.00. The third-order valence-corrected chi connectivity index (χ3v) is 3.87. The Bertz CT molecular complexity index is 940. The molecular formula is C21H17NO2. The topological polar surface area (TPSA) is 31.2 Å². The molecule has 0 amide bonds. The van der Waals surface area contributed by atoms with Gasteiger partial charge in [0.25, 0.3) is 0 Å². The zero-order valence-electron chi connectivity index (χ0n) is 13.4. The van der Waals surface area contributed by atoms with E-state index in [-0.39, 0.29) is 5.78 Å². The lowest BCUT2D eigenvalue weighted by molar-refractivity contribution is 0.104. The Morgan fingerprint density at radius 2 is 1.96 bits per heavy atom. The molecule has 0 spiro atoms. The SMILES string of the molecule is C#CCn1cc(/C=C/C(=O)c2ccc(OC)cc2)c2ccccc21. The zero-order valence-corrected chi connectivity index (χ0v) is 13.4. The molecule has 0 atom stereocenters. The summed E-state index contributed by atoms with van der Waals surface area (Å²) in [7, 11) is 1.60. The second-order valence-electron chi connectivity index (χ2n) is 5.36. The molecule has 0 bridgehead atoms. The average Bonchev–Trinajstić information content (AvgIpc) is 2.98. The van der Waals surface area contributed by atoms with E-state index in [4.69, 9.17) is 11.2 Å². The number of carbonyl (C=O) groups is 1. The number of fused-ring (bicyclic) bond motifs is 1. The first kappa shape index (κ1) is 15.6. The van der Waals surface area contributed by atoms with E-state index in [9.17, 15) is 4.79 Å². The normalized spacial score (nSPS) is 10.8. The molecule has 2 aromatic carbocycles. The highest BCUT2D eigenvalue weighted by atomic mass is 16.5. The standard InChI is InChI=1S/C21H17NO2/c1-3-14-22-15-17(19-6-4-5-7-20(19)22)10-13-21(23)16-8-11-18(24-2)12-9-16/h1,4-13,15H,14H2,2H3/b13-10+. The van der Waals surface area contributed by atoms with Gasteiger partial charge in [-0.15, -0.1) is 6.42 Å². The number of aromatic nitrogens is 1. The van der Waals surface area contributed by atoms with Crippen molar-refractivity contribution in [3.8, 4) is 18.1 Å². The molecule has 3 rings (SSSR count). The number of benzene rings is 2. The van der Waals surface area contributed by atoms with Crippen LogP contribution in [0.4, 0.5) is 0 Å². The first-order chi connectivity index (χ1) is 11.7. The van der Waals surface area contributed by atoms with Gasteiger partial charge >= 0.3 is 0 Å². The number of allylic oxidation sites excluding steroid dienone is 1. The summed E-state index contributed by atoms with van der Waals surface area (Å²) in [5.74, 6) is 3.33. The molecule has 1 heterocycles. The lowest BCUT2D eigenvalue weighted by Crippen LogP contribution is -1.94. The summed E-state index contributed by atoms with van der Waals surface area (Å²) >= 11 is 0. The van der Waals surface area contributed by atoms with Crippen LogP contribution in [0.5, 0.6) is 5.75 Å². The Morgan fingerprint density at radius 1 is 1.21 bits per heavy atom. The van der Waals surface area contributed by atoms with Crippen molar-refractivity contribution in [1.82, 2.24) is 4.57 Å². The molecule has 3 nitrogen and oxygen atoms in total. The van der Waals surface area contributed by atoms with Crippen molar-refractivity contribution in [2.24, 2.45) is 0 Å². The highest BCUT2D eigenvalue weighted by molar-refractivity contribution is 6.07. The summed E-state index contributed by atoms with van der Waals surface area (Å²) in [4.78, 5) is 12.3. The number of ketones is 1. The zero-order chi connectivity index (χ0) is 16.9. The third kappa shape index (κ3) is 3.09. The van der Waals surface area contributed by atoms with Crippen molar-refractivity contribution < 1.29 is 9.53 Å². The Kier molecular flexibility index (Phi) is 4.49. The van der Waals surface area contributed by atoms with Crippen LogP contribution in [0.15, 0.2) is 60.8 Å². The number of hydrogen-bond donors (Lipinski definition) is 0. The highest BCUT2D eigenvalue weighted by Gasteiger charge is 2.06. The number of carbonyl (C=O) groups excluding carboxylic acids is 1. The Hall–Kier alpha value is -3.25. The molecule has 0 saturated heterocycles. The van der Waals surface area contributed by atoms with Crippen molar-refractivity contribution in [3.05, 3.63) is 71.9 Å². The van der Waals surface area contributed by atoms with Gasteiger partial charge in [-0.1, -0.05) is 24.1 Å². The van der Waals surface area contributed by atoms with E-state index in [2.05, 4.69) is 5.92 Å². The molecule has 0 unspecified atom stereocenters. The number of methoxy groups -OCH3 is 1. The second kappa shape index (κ2) is 6.89. The second-order valence-corrected chi connectivity index (χ2v) is 5.36. The van der Waals surface area contributed by atoms with Crippen LogP contribution in [0.3, 0.4) is 0 Å². The third-order valence-electron chi connectivity index (χ3n) is 3.87. The van der Waals surface area contributed by atoms with E-state index in [1.165, 1.54) is 0 Å². The molecule has 3 heteroatoms. The molecular weight excluding hydrogens is 298 g/mol. The molecule has 3 aromatic rings. The maximum absolute atomic E-state index is 12.3. The van der Waals surface area contributed by atoms with Crippen LogP contribution < -0.4 is 4.74 Å². The summed E-state index contributed by atoms with van der Waals surface area (Å²) in [6.45, 7) is 0.501. The van der Waals surface area contributed by atoms with E-state index in [1.807, 2.05) is 41.1 Å². The fourth-order valence-corrected chi connectivity index (χ4v) is 2.65. The van der Waals surface area contributed by atoms with Crippen molar-refractivity contribution in [2.45, 2.75) is 6.54 Å². The Balaban J connectivity index is 1.89. The summed E-state index contributed by atoms with van der Waals surface area (Å²) < 4.78 is 7.11. The minimum atomic E-state index is -0.0496. The van der Waals surface area contributed by atoms with Crippen molar-refractivity contribution in [3.63, 3.8) is 0 Å². The number of nitrogens with zero attached hydrogens (tertiary/aromatic N) is 1. The summed E-state index contributed by atoms with van der Waals surface area (Å²) in [6, 6.07) is 15.1. The summed E-state index contributed by atoms with van der Waals surface area (Å²) in [5.41, 5.74) is 2.66. The van der Waals surface area contributed by atoms with E-state index < -0.39 is 0 Å². The van der Waals surface area contributed by atoms with Gasteiger partial charge in [0.15, 0.2) is 5.78 Å². The van der Waals surface area contributed by atoms with Gasteiger partial charge in [0.05, 0.1) is 13.7 Å². The van der Waals surface area contributed by atoms with Gasteiger partial charge in [-0.25, -0.2) is 0 Å². The van der Waals surface area contributed by atoms with E-state index >= 15 is 0 Å². The monoisotopic (exact) mass is 315 g/mol. The van der Waals surface area contributed by atoms with Gasteiger partial charge in [-0.2, -0.15) is 0 Å². The number of rotatable bonds is 5. The van der Waals surface area contributed by atoms with Crippen LogP contribution in [0.25, 0.3) is 17.0 Å². The highest BCUT2D eigenvalue weighted by Crippen LogP contribution is 2.22. The van der Waals surface area contributed by atoms with Crippen molar-refractivity contribution in [1.29, 1.82) is 0 Å². The molecule has 0 aliphatic rings. The quantitative estimate of drug-likeness (QED) is 0.402. The molecule has 1 aromatic heterocycles. The maximum atomic E-state index is 12.3. The summed E-state index contributed by atoms with van der Waals surface area (Å²) in [6.07, 6.45) is 10.8. The molecule has 118 valence electrons. The van der Waals surface area contributed by atoms with Gasteiger partial charge in [0, 0.05) is 28.2 Å². The fourth-order valence-electron chi connectivity index (χ4n) is 2.65. The van der Waals surface area contributed by atoms with Crippen LogP contribution >= 0.6 is 0 Å². The lowest BCUT2D eigenvalue weighted by atomic mass is 10.1. The number of para-hydroxylation sites is 1. The average molecular weight is 315 g/mol. The molecule has 0 N–H and O–H groups in total. The Morgan fingerprint density at radius 3 is 2.67 bits per heavy atom. The predicted molar refractivity (Wildman–Crippen MR) is 97.1 cm³/mol. The molecule has 0 saturated carbocycles. The number of hydrogen-bond acceptors (Lipinski definition) is 2. The van der Waals surface area contributed by atoms with Crippen LogP contribution in [0, 0.1) is 12.3 Å². The van der Waals surface area contributed by atoms with Crippen LogP contribution in [-0.2, 0) is 6.54 Å². The van der Waals surface area contributed by atoms with Gasteiger partial charge in [0.2, 0.25) is 0 Å². The molecule has 0 radical (unpaired) electrons. The van der Waals surface area contributed by atoms with Gasteiger partial charge < -0.3 is 9.30 Å². The number of terminal acetylenes is 1. The van der Waals surface area contributed by atoms with Crippen molar-refractivity contribution >= 4 is 22.8 Å². The maximum Gasteiger partial charge on any atom is 0.185 e. The van der Waals surface area contributed by atoms with Crippen molar-refractivity contribution in [2.75, 3.05) is 7.11 Å². The molecule has 0 aliphatic carbocycles. The molecule has 24 heavy (non-hydrogen) atoms. The van der Waals surface area contributed by atoms with Crippen LogP contribution in [0.1, 0.15) is 15.9 Å². The van der Waals surface area contributed by atoms with E-state index in [1.54, 1.807) is 37.5 Å². The smallest absolute Gasteiger partial charge is 0.185 e. The minimum absolute atomic E-state index is 0.0496. The predicted octanol–water partition coefficient (Wildman–Crippen LogP) is 4.18. The van der Waals surface area contributed by atoms with Gasteiger partial charge in [-0.3, -0.25) is 4.79 Å². The van der Waals surface area contributed by atoms with Gasteiger partial charge in [0.1, 0.15) is 5.75 Å². The fraction of sp³-hybridized carbons (Fsp3) is 0.0952. The Labute approximate surface area is 141 Å². The van der Waals surface area contributed by atoms with Crippen LogP contribution in [0.2, 0.25) is 0 Å². The number of ether oxygens (including phenoxy) is 1. The van der Waals surface area contributed by atoms with E-state index in [0.29, 0.717) is 12.1 Å². The largest absolute Gasteiger partial charge is 0.497 e. The van der Waals surface area contributed by atoms with E-state index in [0.717, 1.165) is 22.2 Å². The first-order valence-electron chi connectivity index (χ1n) is 7.60. The van der Waals surface area contributed by atoms with Gasteiger partial charge in [-0.05, 0) is 42.5 Å². The summed E-state index contributed by atoms with van der Waals surface area (Å²) in [5, 5.41) is 1.08. The molecule has 0 aliphatic heterocycles. The first-order valence-corrected chi connectivity index (χ1v) is 7.60. The minimum Gasteiger partial charge on any atom is -0.497 e. The molecule has 0 fully saturated rings.